The van der Waals surface area contributed by atoms with E-state index >= 15 is 0 Å². The average Bonchev–Trinajstić information content (AvgIpc) is 2.75. The number of halogens is 1. The van der Waals surface area contributed by atoms with E-state index in [0.717, 1.165) is 39.9 Å². The predicted octanol–water partition coefficient (Wildman–Crippen LogP) is 4.26. The lowest BCUT2D eigenvalue weighted by Crippen LogP contribution is -2.40. The molecule has 1 N–H and O–H groups in total. The highest BCUT2D eigenvalue weighted by atomic mass is 79.9. The fourth-order valence-corrected chi connectivity index (χ4v) is 4.21. The molecule has 1 aliphatic rings. The summed E-state index contributed by atoms with van der Waals surface area (Å²) in [5.74, 6) is -0.761. The molecular formula is C15H17BrN2O2S. The normalized spacial score (nSPS) is 16.9. The number of hydrogen-bond donors (Lipinski definition) is 1. The number of imidazole rings is 1. The van der Waals surface area contributed by atoms with E-state index in [4.69, 9.17) is 5.11 Å². The quantitative estimate of drug-likeness (QED) is 0.800. The molecule has 0 amide bonds. The summed E-state index contributed by atoms with van der Waals surface area (Å²) in [4.78, 5) is 15.6. The molecule has 2 aromatic rings. The molecule has 1 aromatic carbocycles. The van der Waals surface area contributed by atoms with Gasteiger partial charge in [-0.1, -0.05) is 34.6 Å². The molecule has 112 valence electrons. The number of nitrogens with zero attached hydrogens (tertiary/aromatic N) is 2. The summed E-state index contributed by atoms with van der Waals surface area (Å²) in [6.45, 7) is 2.20. The molecule has 0 atom stereocenters. The molecular weight excluding hydrogens is 352 g/mol. The molecule has 1 fully saturated rings. The van der Waals surface area contributed by atoms with Crippen LogP contribution in [0.5, 0.6) is 0 Å². The lowest BCUT2D eigenvalue weighted by Gasteiger charge is -2.43. The molecule has 0 radical (unpaired) electrons. The van der Waals surface area contributed by atoms with Crippen LogP contribution in [0.2, 0.25) is 0 Å². The van der Waals surface area contributed by atoms with E-state index in [0.29, 0.717) is 0 Å². The van der Waals surface area contributed by atoms with Crippen molar-refractivity contribution in [2.45, 2.75) is 43.3 Å². The molecule has 0 spiro atoms. The summed E-state index contributed by atoms with van der Waals surface area (Å²) in [6, 6.07) is 6.05. The van der Waals surface area contributed by atoms with Crippen LogP contribution in [0.15, 0.2) is 27.8 Å². The Bertz CT molecular complexity index is 689. The SMILES string of the molecule is CCC1(n2c(SCC(=O)O)nc3ccc(Br)cc32)CCC1. The van der Waals surface area contributed by atoms with Crippen LogP contribution in [0.1, 0.15) is 32.6 Å². The second-order valence-corrected chi connectivity index (χ2v) is 7.33. The van der Waals surface area contributed by atoms with Gasteiger partial charge in [0.05, 0.1) is 16.8 Å². The summed E-state index contributed by atoms with van der Waals surface area (Å²) >= 11 is 4.84. The molecule has 21 heavy (non-hydrogen) atoms. The molecule has 1 aromatic heterocycles. The Labute approximate surface area is 136 Å². The van der Waals surface area contributed by atoms with Crippen LogP contribution in [0.25, 0.3) is 11.0 Å². The second-order valence-electron chi connectivity index (χ2n) is 5.48. The van der Waals surface area contributed by atoms with E-state index < -0.39 is 5.97 Å². The van der Waals surface area contributed by atoms with Gasteiger partial charge in [-0.2, -0.15) is 0 Å². The first kappa shape index (κ1) is 14.9. The number of aliphatic carboxylic acids is 1. The van der Waals surface area contributed by atoms with E-state index in [-0.39, 0.29) is 11.3 Å². The van der Waals surface area contributed by atoms with Crippen molar-refractivity contribution in [2.24, 2.45) is 0 Å². The minimum atomic E-state index is -0.807. The number of hydrogen-bond acceptors (Lipinski definition) is 3. The van der Waals surface area contributed by atoms with E-state index in [9.17, 15) is 4.79 Å². The van der Waals surface area contributed by atoms with Crippen molar-refractivity contribution in [1.82, 2.24) is 9.55 Å². The van der Waals surface area contributed by atoms with Crippen molar-refractivity contribution in [3.05, 3.63) is 22.7 Å². The van der Waals surface area contributed by atoms with Crippen molar-refractivity contribution in [1.29, 1.82) is 0 Å². The van der Waals surface area contributed by atoms with Crippen LogP contribution in [-0.4, -0.2) is 26.4 Å². The van der Waals surface area contributed by atoms with Gasteiger partial charge < -0.3 is 9.67 Å². The number of carboxylic acids is 1. The second kappa shape index (κ2) is 5.65. The first-order valence-corrected chi connectivity index (χ1v) is 8.87. The van der Waals surface area contributed by atoms with Crippen molar-refractivity contribution >= 4 is 44.7 Å². The summed E-state index contributed by atoms with van der Waals surface area (Å²) < 4.78 is 3.31. The van der Waals surface area contributed by atoms with Crippen molar-refractivity contribution < 1.29 is 9.90 Å². The zero-order valence-corrected chi connectivity index (χ0v) is 14.2. The fourth-order valence-electron chi connectivity index (χ4n) is 3.03. The van der Waals surface area contributed by atoms with Crippen LogP contribution >= 0.6 is 27.7 Å². The monoisotopic (exact) mass is 368 g/mol. The lowest BCUT2D eigenvalue weighted by atomic mass is 9.74. The molecule has 0 bridgehead atoms. The number of fused-ring (bicyclic) bond motifs is 1. The third-order valence-electron chi connectivity index (χ3n) is 4.33. The van der Waals surface area contributed by atoms with Gasteiger partial charge in [0.1, 0.15) is 0 Å². The Morgan fingerprint density at radius 2 is 2.29 bits per heavy atom. The minimum absolute atomic E-state index is 0.0459. The van der Waals surface area contributed by atoms with Gasteiger partial charge in [-0.3, -0.25) is 4.79 Å². The highest BCUT2D eigenvalue weighted by Gasteiger charge is 2.39. The van der Waals surface area contributed by atoms with E-state index in [1.165, 1.54) is 18.2 Å². The largest absolute Gasteiger partial charge is 0.481 e. The van der Waals surface area contributed by atoms with Crippen LogP contribution < -0.4 is 0 Å². The highest BCUT2D eigenvalue weighted by molar-refractivity contribution is 9.10. The maximum atomic E-state index is 10.9. The first-order chi connectivity index (χ1) is 10.1. The standard InChI is InChI=1S/C15H17BrN2O2S/c1-2-15(6-3-7-15)18-12-8-10(16)4-5-11(12)17-14(18)21-9-13(19)20/h4-5,8H,2-3,6-7,9H2,1H3,(H,19,20). The Hall–Kier alpha value is -1.01. The minimum Gasteiger partial charge on any atom is -0.481 e. The van der Waals surface area contributed by atoms with E-state index in [1.54, 1.807) is 0 Å². The average molecular weight is 369 g/mol. The zero-order chi connectivity index (χ0) is 15.0. The number of benzene rings is 1. The summed E-state index contributed by atoms with van der Waals surface area (Å²) in [5.41, 5.74) is 2.14. The van der Waals surface area contributed by atoms with Crippen molar-refractivity contribution in [2.75, 3.05) is 5.75 Å². The van der Waals surface area contributed by atoms with Gasteiger partial charge in [0.25, 0.3) is 0 Å². The first-order valence-electron chi connectivity index (χ1n) is 7.09. The smallest absolute Gasteiger partial charge is 0.313 e. The van der Waals surface area contributed by atoms with Crippen LogP contribution in [0.4, 0.5) is 0 Å². The molecule has 1 heterocycles. The van der Waals surface area contributed by atoms with Crippen LogP contribution in [-0.2, 0) is 10.3 Å². The number of thioether (sulfide) groups is 1. The van der Waals surface area contributed by atoms with Gasteiger partial charge in [0.15, 0.2) is 5.16 Å². The maximum absolute atomic E-state index is 10.9. The Morgan fingerprint density at radius 3 is 2.86 bits per heavy atom. The molecule has 6 heteroatoms. The number of rotatable bonds is 5. The molecule has 0 unspecified atom stereocenters. The number of aromatic nitrogens is 2. The maximum Gasteiger partial charge on any atom is 0.313 e. The molecule has 0 saturated heterocycles. The van der Waals surface area contributed by atoms with E-state index in [2.05, 4.69) is 38.5 Å². The summed E-state index contributed by atoms with van der Waals surface area (Å²) in [7, 11) is 0. The predicted molar refractivity (Wildman–Crippen MR) is 87.9 cm³/mol. The van der Waals surface area contributed by atoms with Gasteiger partial charge in [0.2, 0.25) is 0 Å². The number of carbonyl (C=O) groups is 1. The van der Waals surface area contributed by atoms with E-state index in [1.807, 2.05) is 12.1 Å². The van der Waals surface area contributed by atoms with Gasteiger partial charge in [-0.15, -0.1) is 0 Å². The third kappa shape index (κ3) is 2.59. The number of carboxylic acid groups (broad SMARTS) is 1. The lowest BCUT2D eigenvalue weighted by molar-refractivity contribution is -0.133. The van der Waals surface area contributed by atoms with Gasteiger partial charge in [-0.25, -0.2) is 4.98 Å². The third-order valence-corrected chi connectivity index (χ3v) is 5.74. The van der Waals surface area contributed by atoms with Crippen LogP contribution in [0.3, 0.4) is 0 Å². The van der Waals surface area contributed by atoms with Gasteiger partial charge in [0, 0.05) is 10.0 Å². The Balaban J connectivity index is 2.14. The molecule has 4 nitrogen and oxygen atoms in total. The van der Waals surface area contributed by atoms with Crippen molar-refractivity contribution in [3.8, 4) is 0 Å². The fraction of sp³-hybridized carbons (Fsp3) is 0.467. The topological polar surface area (TPSA) is 55.1 Å². The van der Waals surface area contributed by atoms with Gasteiger partial charge in [-0.05, 0) is 43.9 Å². The zero-order valence-electron chi connectivity index (χ0n) is 11.8. The molecule has 0 aliphatic heterocycles. The summed E-state index contributed by atoms with van der Waals surface area (Å²) in [6.07, 6.45) is 4.56. The Morgan fingerprint density at radius 1 is 1.52 bits per heavy atom. The summed E-state index contributed by atoms with van der Waals surface area (Å²) in [5, 5.41) is 9.78. The molecule has 1 saturated carbocycles. The molecule has 3 rings (SSSR count). The van der Waals surface area contributed by atoms with Crippen LogP contribution in [0, 0.1) is 0 Å². The van der Waals surface area contributed by atoms with Gasteiger partial charge >= 0.3 is 5.97 Å². The molecule has 1 aliphatic carbocycles. The Kier molecular flexibility index (Phi) is 4.01. The highest BCUT2D eigenvalue weighted by Crippen LogP contribution is 2.46. The van der Waals surface area contributed by atoms with Crippen molar-refractivity contribution in [3.63, 3.8) is 0 Å².